The largest absolute Gasteiger partial charge is 0.478 e. The zero-order chi connectivity index (χ0) is 15.6. The van der Waals surface area contributed by atoms with Crippen molar-refractivity contribution in [3.63, 3.8) is 0 Å². The number of nitrogens with zero attached hydrogens (tertiary/aromatic N) is 1. The maximum absolute atomic E-state index is 11.3. The molecule has 0 radical (unpaired) electrons. The molecular formula is C13H14N2O5S. The second-order valence-electron chi connectivity index (χ2n) is 4.52. The molecule has 0 unspecified atom stereocenters. The van der Waals surface area contributed by atoms with Gasteiger partial charge in [-0.25, -0.2) is 18.4 Å². The number of nitrogens with two attached hydrogens (primary N) is 1. The summed E-state index contributed by atoms with van der Waals surface area (Å²) in [5.74, 6) is -1.23. The molecule has 1 aromatic carbocycles. The standard InChI is InChI=1S/C13H14N2O5S/c1-15(7-9-4-5-20-8-9)12-3-2-10(21(14,18)19)6-11(12)13(16)17/h2-6,8H,7H2,1H3,(H,16,17)(H2,14,18,19). The molecule has 0 bridgehead atoms. The maximum atomic E-state index is 11.3. The Kier molecular flexibility index (Phi) is 4.01. The lowest BCUT2D eigenvalue weighted by Gasteiger charge is -2.21. The maximum Gasteiger partial charge on any atom is 0.337 e. The Hall–Kier alpha value is -2.32. The first-order valence-corrected chi connectivity index (χ1v) is 7.46. The Bertz CT molecular complexity index is 753. The van der Waals surface area contributed by atoms with Gasteiger partial charge in [-0.15, -0.1) is 0 Å². The van der Waals surface area contributed by atoms with E-state index in [4.69, 9.17) is 9.56 Å². The lowest BCUT2D eigenvalue weighted by molar-refractivity contribution is 0.0697. The highest BCUT2D eigenvalue weighted by molar-refractivity contribution is 7.89. The van der Waals surface area contributed by atoms with Crippen LogP contribution in [0.15, 0.2) is 46.1 Å². The molecule has 3 N–H and O–H groups in total. The van der Waals surface area contributed by atoms with Crippen LogP contribution in [0.5, 0.6) is 0 Å². The lowest BCUT2D eigenvalue weighted by Crippen LogP contribution is -2.20. The highest BCUT2D eigenvalue weighted by atomic mass is 32.2. The van der Waals surface area contributed by atoms with E-state index in [9.17, 15) is 18.3 Å². The van der Waals surface area contributed by atoms with Crippen molar-refractivity contribution >= 4 is 21.7 Å². The second kappa shape index (κ2) is 5.58. The van der Waals surface area contributed by atoms with E-state index < -0.39 is 16.0 Å². The van der Waals surface area contributed by atoms with Gasteiger partial charge >= 0.3 is 5.97 Å². The molecule has 2 rings (SSSR count). The molecule has 0 aliphatic carbocycles. The van der Waals surface area contributed by atoms with E-state index >= 15 is 0 Å². The number of aromatic carboxylic acids is 1. The average molecular weight is 310 g/mol. The van der Waals surface area contributed by atoms with Gasteiger partial charge in [-0.1, -0.05) is 0 Å². The number of carboxylic acids is 1. The van der Waals surface area contributed by atoms with Crippen LogP contribution in [-0.2, 0) is 16.6 Å². The van der Waals surface area contributed by atoms with Gasteiger partial charge in [0, 0.05) is 19.2 Å². The predicted octanol–water partition coefficient (Wildman–Crippen LogP) is 1.26. The van der Waals surface area contributed by atoms with Gasteiger partial charge in [0.15, 0.2) is 0 Å². The molecule has 0 aliphatic heterocycles. The summed E-state index contributed by atoms with van der Waals surface area (Å²) in [5, 5.41) is 14.3. The fourth-order valence-corrected chi connectivity index (χ4v) is 2.48. The number of benzene rings is 1. The summed E-state index contributed by atoms with van der Waals surface area (Å²) in [5.41, 5.74) is 1.12. The topological polar surface area (TPSA) is 114 Å². The van der Waals surface area contributed by atoms with E-state index in [0.29, 0.717) is 12.2 Å². The normalized spacial score (nSPS) is 11.3. The molecular weight excluding hydrogens is 296 g/mol. The van der Waals surface area contributed by atoms with Gasteiger partial charge in [0.05, 0.1) is 28.7 Å². The quantitative estimate of drug-likeness (QED) is 0.859. The summed E-state index contributed by atoms with van der Waals surface area (Å²) in [6.45, 7) is 0.422. The van der Waals surface area contributed by atoms with E-state index in [1.54, 1.807) is 24.3 Å². The van der Waals surface area contributed by atoms with Crippen molar-refractivity contribution in [1.29, 1.82) is 0 Å². The summed E-state index contributed by atoms with van der Waals surface area (Å²) in [6, 6.07) is 5.51. The van der Waals surface area contributed by atoms with Crippen molar-refractivity contribution in [2.45, 2.75) is 11.4 Å². The third kappa shape index (κ3) is 3.41. The van der Waals surface area contributed by atoms with Crippen molar-refractivity contribution in [2.75, 3.05) is 11.9 Å². The number of primary sulfonamides is 1. The van der Waals surface area contributed by atoms with E-state index in [2.05, 4.69) is 0 Å². The Labute approximate surface area is 121 Å². The lowest BCUT2D eigenvalue weighted by atomic mass is 10.1. The highest BCUT2D eigenvalue weighted by Crippen LogP contribution is 2.24. The zero-order valence-corrected chi connectivity index (χ0v) is 12.0. The monoisotopic (exact) mass is 310 g/mol. The minimum absolute atomic E-state index is 0.132. The highest BCUT2D eigenvalue weighted by Gasteiger charge is 2.18. The Morgan fingerprint density at radius 3 is 2.62 bits per heavy atom. The van der Waals surface area contributed by atoms with Crippen LogP contribution in [0.4, 0.5) is 5.69 Å². The first-order chi connectivity index (χ1) is 9.79. The molecule has 21 heavy (non-hydrogen) atoms. The summed E-state index contributed by atoms with van der Waals surface area (Å²) in [7, 11) is -2.25. The number of hydrogen-bond donors (Lipinski definition) is 2. The van der Waals surface area contributed by atoms with Crippen LogP contribution in [0.3, 0.4) is 0 Å². The molecule has 0 saturated heterocycles. The fraction of sp³-hybridized carbons (Fsp3) is 0.154. The number of carboxylic acid groups (broad SMARTS) is 1. The number of hydrogen-bond acceptors (Lipinski definition) is 5. The third-order valence-corrected chi connectivity index (χ3v) is 3.85. The molecule has 1 aromatic heterocycles. The number of anilines is 1. The third-order valence-electron chi connectivity index (χ3n) is 2.94. The van der Waals surface area contributed by atoms with Crippen LogP contribution in [0.2, 0.25) is 0 Å². The van der Waals surface area contributed by atoms with Gasteiger partial charge in [0.2, 0.25) is 10.0 Å². The van der Waals surface area contributed by atoms with Crippen LogP contribution >= 0.6 is 0 Å². The Morgan fingerprint density at radius 2 is 2.10 bits per heavy atom. The van der Waals surface area contributed by atoms with Crippen molar-refractivity contribution in [1.82, 2.24) is 0 Å². The second-order valence-corrected chi connectivity index (χ2v) is 6.08. The molecule has 0 aliphatic rings. The number of furan rings is 1. The van der Waals surface area contributed by atoms with E-state index in [1.807, 2.05) is 0 Å². The SMILES string of the molecule is CN(Cc1ccoc1)c1ccc(S(N)(=O)=O)cc1C(=O)O. The number of carbonyl (C=O) groups is 1. The summed E-state index contributed by atoms with van der Waals surface area (Å²) >= 11 is 0. The predicted molar refractivity (Wildman–Crippen MR) is 75.6 cm³/mol. The van der Waals surface area contributed by atoms with Crippen LogP contribution in [0.25, 0.3) is 0 Å². The van der Waals surface area contributed by atoms with Crippen LogP contribution in [-0.4, -0.2) is 26.5 Å². The summed E-state index contributed by atoms with van der Waals surface area (Å²) < 4.78 is 27.6. The van der Waals surface area contributed by atoms with Crippen molar-refractivity contribution in [3.05, 3.63) is 47.9 Å². The molecule has 7 nitrogen and oxygen atoms in total. The Morgan fingerprint density at radius 1 is 1.38 bits per heavy atom. The molecule has 1 heterocycles. The first-order valence-electron chi connectivity index (χ1n) is 5.91. The minimum atomic E-state index is -3.95. The van der Waals surface area contributed by atoms with Gasteiger partial charge in [-0.3, -0.25) is 0 Å². The molecule has 2 aromatic rings. The van der Waals surface area contributed by atoms with Gasteiger partial charge in [-0.05, 0) is 24.3 Å². The van der Waals surface area contributed by atoms with E-state index in [1.165, 1.54) is 18.4 Å². The molecule has 112 valence electrons. The molecule has 0 atom stereocenters. The van der Waals surface area contributed by atoms with Gasteiger partial charge in [-0.2, -0.15) is 0 Å². The Balaban J connectivity index is 2.41. The fourth-order valence-electron chi connectivity index (χ4n) is 1.94. The number of rotatable bonds is 5. The zero-order valence-electron chi connectivity index (χ0n) is 11.2. The summed E-state index contributed by atoms with van der Waals surface area (Å²) in [4.78, 5) is 12.8. The van der Waals surface area contributed by atoms with Gasteiger partial charge in [0.1, 0.15) is 0 Å². The molecule has 0 saturated carbocycles. The summed E-state index contributed by atoms with van der Waals surface area (Å²) in [6.07, 6.45) is 3.07. The molecule has 0 amide bonds. The van der Waals surface area contributed by atoms with Crippen molar-refractivity contribution in [3.8, 4) is 0 Å². The van der Waals surface area contributed by atoms with Gasteiger partial charge < -0.3 is 14.4 Å². The molecule has 0 spiro atoms. The average Bonchev–Trinajstić information content (AvgIpc) is 2.89. The molecule has 0 fully saturated rings. The van der Waals surface area contributed by atoms with Crippen molar-refractivity contribution < 1.29 is 22.7 Å². The van der Waals surface area contributed by atoms with E-state index in [-0.39, 0.29) is 10.5 Å². The smallest absolute Gasteiger partial charge is 0.337 e. The van der Waals surface area contributed by atoms with Crippen LogP contribution in [0.1, 0.15) is 15.9 Å². The first kappa shape index (κ1) is 15.1. The van der Waals surface area contributed by atoms with Gasteiger partial charge in [0.25, 0.3) is 0 Å². The van der Waals surface area contributed by atoms with Crippen LogP contribution < -0.4 is 10.0 Å². The van der Waals surface area contributed by atoms with Crippen LogP contribution in [0, 0.1) is 0 Å². The minimum Gasteiger partial charge on any atom is -0.478 e. The van der Waals surface area contributed by atoms with E-state index in [0.717, 1.165) is 11.6 Å². The molecule has 8 heteroatoms. The number of sulfonamides is 1. The van der Waals surface area contributed by atoms with Crippen molar-refractivity contribution in [2.24, 2.45) is 5.14 Å².